The van der Waals surface area contributed by atoms with Gasteiger partial charge in [0.15, 0.2) is 5.11 Å². The first-order chi connectivity index (χ1) is 8.83. The zero-order valence-corrected chi connectivity index (χ0v) is 12.4. The first-order valence-corrected chi connectivity index (χ1v) is 7.88. The Morgan fingerprint density at radius 3 is 2.89 bits per heavy atom. The number of nitrogens with zero attached hydrogens (tertiary/aromatic N) is 1. The molecule has 100 valence electrons. The van der Waals surface area contributed by atoms with Crippen molar-refractivity contribution in [1.29, 1.82) is 0 Å². The van der Waals surface area contributed by atoms with E-state index >= 15 is 0 Å². The Morgan fingerprint density at radius 1 is 1.33 bits per heavy atom. The van der Waals surface area contributed by atoms with Crippen molar-refractivity contribution in [2.24, 2.45) is 0 Å². The molecule has 0 unspecified atom stereocenters. The third kappa shape index (κ3) is 7.50. The fraction of sp³-hybridized carbons (Fsp3) is 0.538. The van der Waals surface area contributed by atoms with Gasteiger partial charge in [0.25, 0.3) is 0 Å². The average molecular weight is 283 g/mol. The van der Waals surface area contributed by atoms with Crippen LogP contribution in [0.3, 0.4) is 0 Å². The Morgan fingerprint density at radius 2 is 2.17 bits per heavy atom. The van der Waals surface area contributed by atoms with Crippen LogP contribution in [-0.2, 0) is 5.75 Å². The molecule has 2 N–H and O–H groups in total. The Balaban J connectivity index is 1.97. The molecule has 0 aliphatic rings. The van der Waals surface area contributed by atoms with Gasteiger partial charge in [-0.15, -0.1) is 0 Å². The van der Waals surface area contributed by atoms with Crippen molar-refractivity contribution in [3.63, 3.8) is 0 Å². The Kier molecular flexibility index (Phi) is 8.59. The van der Waals surface area contributed by atoms with Crippen molar-refractivity contribution in [2.45, 2.75) is 25.5 Å². The number of hydrogen-bond donors (Lipinski definition) is 2. The van der Waals surface area contributed by atoms with Crippen LogP contribution in [0.15, 0.2) is 24.4 Å². The smallest absolute Gasteiger partial charge is 0.166 e. The molecule has 0 amide bonds. The average Bonchev–Trinajstić information content (AvgIpc) is 2.40. The molecule has 1 aromatic heterocycles. The normalized spacial score (nSPS) is 10.1. The van der Waals surface area contributed by atoms with Gasteiger partial charge in [-0.1, -0.05) is 19.4 Å². The summed E-state index contributed by atoms with van der Waals surface area (Å²) in [4.78, 5) is 4.28. The maximum atomic E-state index is 5.17. The lowest BCUT2D eigenvalue weighted by atomic mass is 10.3. The van der Waals surface area contributed by atoms with E-state index in [4.69, 9.17) is 12.2 Å². The molecule has 0 aromatic carbocycles. The molecule has 3 nitrogen and oxygen atoms in total. The quantitative estimate of drug-likeness (QED) is 0.566. The molecular weight excluding hydrogens is 262 g/mol. The summed E-state index contributed by atoms with van der Waals surface area (Å²) in [5.74, 6) is 1.99. The lowest BCUT2D eigenvalue weighted by molar-refractivity contribution is 0.743. The van der Waals surface area contributed by atoms with Gasteiger partial charge < -0.3 is 10.6 Å². The lowest BCUT2D eigenvalue weighted by Gasteiger charge is -2.09. The number of unbranched alkanes of at least 4 members (excludes halogenated alkanes) is 1. The number of thioether (sulfide) groups is 1. The summed E-state index contributed by atoms with van der Waals surface area (Å²) < 4.78 is 0. The molecule has 0 saturated carbocycles. The van der Waals surface area contributed by atoms with Crippen LogP contribution in [-0.4, -0.2) is 28.9 Å². The molecule has 1 heterocycles. The van der Waals surface area contributed by atoms with Gasteiger partial charge in [-0.05, 0) is 30.8 Å². The first-order valence-electron chi connectivity index (χ1n) is 6.32. The second-order valence-corrected chi connectivity index (χ2v) is 5.42. The fourth-order valence-corrected chi connectivity index (χ4v) is 2.31. The predicted molar refractivity (Wildman–Crippen MR) is 83.9 cm³/mol. The van der Waals surface area contributed by atoms with Gasteiger partial charge in [0.1, 0.15) is 0 Å². The van der Waals surface area contributed by atoms with E-state index in [1.54, 1.807) is 0 Å². The van der Waals surface area contributed by atoms with Crippen LogP contribution >= 0.6 is 24.0 Å². The molecule has 0 aliphatic heterocycles. The Bertz CT molecular complexity index is 330. The van der Waals surface area contributed by atoms with E-state index in [1.165, 1.54) is 6.42 Å². The molecule has 18 heavy (non-hydrogen) atoms. The highest BCUT2D eigenvalue weighted by atomic mass is 32.2. The highest BCUT2D eigenvalue weighted by Gasteiger charge is 1.96. The number of rotatable bonds is 8. The van der Waals surface area contributed by atoms with Crippen LogP contribution in [0.1, 0.15) is 25.5 Å². The summed E-state index contributed by atoms with van der Waals surface area (Å²) in [6.45, 7) is 4.03. The van der Waals surface area contributed by atoms with E-state index in [-0.39, 0.29) is 0 Å². The third-order valence-electron chi connectivity index (χ3n) is 2.32. The second-order valence-electron chi connectivity index (χ2n) is 3.91. The van der Waals surface area contributed by atoms with Crippen LogP contribution in [0.4, 0.5) is 0 Å². The number of aromatic nitrogens is 1. The number of hydrogen-bond acceptors (Lipinski definition) is 3. The van der Waals surface area contributed by atoms with Crippen molar-refractivity contribution in [3.05, 3.63) is 30.1 Å². The Hall–Kier alpha value is -0.810. The molecule has 0 saturated heterocycles. The monoisotopic (exact) mass is 283 g/mol. The van der Waals surface area contributed by atoms with Crippen LogP contribution in [0, 0.1) is 0 Å². The fourth-order valence-electron chi connectivity index (χ4n) is 1.34. The SMILES string of the molecule is CCCCNC(=S)NCCSCc1ccccn1. The summed E-state index contributed by atoms with van der Waals surface area (Å²) in [6.07, 6.45) is 4.19. The highest BCUT2D eigenvalue weighted by molar-refractivity contribution is 7.98. The largest absolute Gasteiger partial charge is 0.363 e. The highest BCUT2D eigenvalue weighted by Crippen LogP contribution is 2.07. The molecule has 0 aliphatic carbocycles. The summed E-state index contributed by atoms with van der Waals surface area (Å²) in [6, 6.07) is 6.02. The molecule has 1 rings (SSSR count). The van der Waals surface area contributed by atoms with Gasteiger partial charge in [-0.2, -0.15) is 11.8 Å². The molecule has 0 atom stereocenters. The maximum Gasteiger partial charge on any atom is 0.166 e. The summed E-state index contributed by atoms with van der Waals surface area (Å²) in [5.41, 5.74) is 1.13. The molecular formula is C13H21N3S2. The van der Waals surface area contributed by atoms with Gasteiger partial charge in [-0.3, -0.25) is 4.98 Å². The van der Waals surface area contributed by atoms with Gasteiger partial charge in [0.05, 0.1) is 5.69 Å². The van der Waals surface area contributed by atoms with Crippen LogP contribution in [0.2, 0.25) is 0 Å². The van der Waals surface area contributed by atoms with Crippen molar-refractivity contribution < 1.29 is 0 Å². The van der Waals surface area contributed by atoms with Gasteiger partial charge in [0, 0.05) is 30.8 Å². The summed E-state index contributed by atoms with van der Waals surface area (Å²) in [7, 11) is 0. The minimum absolute atomic E-state index is 0.766. The van der Waals surface area contributed by atoms with Gasteiger partial charge >= 0.3 is 0 Å². The van der Waals surface area contributed by atoms with E-state index in [0.29, 0.717) is 0 Å². The number of pyridine rings is 1. The summed E-state index contributed by atoms with van der Waals surface area (Å²) >= 11 is 7.03. The topological polar surface area (TPSA) is 37.0 Å². The Labute approximate surface area is 119 Å². The minimum atomic E-state index is 0.766. The van der Waals surface area contributed by atoms with Crippen molar-refractivity contribution in [2.75, 3.05) is 18.8 Å². The molecule has 1 aromatic rings. The van der Waals surface area contributed by atoms with Crippen molar-refractivity contribution in [3.8, 4) is 0 Å². The lowest BCUT2D eigenvalue weighted by Crippen LogP contribution is -2.36. The standard InChI is InChI=1S/C13H21N3S2/c1-2-3-7-15-13(17)16-9-10-18-11-12-6-4-5-8-14-12/h4-6,8H,2-3,7,9-11H2,1H3,(H2,15,16,17). The third-order valence-corrected chi connectivity index (χ3v) is 3.61. The van der Waals surface area contributed by atoms with Crippen LogP contribution in [0.5, 0.6) is 0 Å². The van der Waals surface area contributed by atoms with Gasteiger partial charge in [0.2, 0.25) is 0 Å². The van der Waals surface area contributed by atoms with Gasteiger partial charge in [-0.25, -0.2) is 0 Å². The zero-order chi connectivity index (χ0) is 13.1. The van der Waals surface area contributed by atoms with E-state index < -0.39 is 0 Å². The van der Waals surface area contributed by atoms with E-state index in [0.717, 1.165) is 41.8 Å². The van der Waals surface area contributed by atoms with E-state index in [1.807, 2.05) is 30.1 Å². The predicted octanol–water partition coefficient (Wildman–Crippen LogP) is 2.58. The van der Waals surface area contributed by atoms with E-state index in [2.05, 4.69) is 28.6 Å². The maximum absolute atomic E-state index is 5.17. The van der Waals surface area contributed by atoms with Crippen molar-refractivity contribution in [1.82, 2.24) is 15.6 Å². The van der Waals surface area contributed by atoms with Crippen LogP contribution < -0.4 is 10.6 Å². The number of thiocarbonyl (C=S) groups is 1. The second kappa shape index (κ2) is 10.1. The molecule has 0 spiro atoms. The van der Waals surface area contributed by atoms with Crippen molar-refractivity contribution >= 4 is 29.1 Å². The van der Waals surface area contributed by atoms with E-state index in [9.17, 15) is 0 Å². The van der Waals surface area contributed by atoms with Crippen LogP contribution in [0.25, 0.3) is 0 Å². The zero-order valence-electron chi connectivity index (χ0n) is 10.8. The minimum Gasteiger partial charge on any atom is -0.363 e. The summed E-state index contributed by atoms with van der Waals surface area (Å²) in [5, 5.41) is 7.16. The molecule has 0 radical (unpaired) electrons. The molecule has 0 fully saturated rings. The molecule has 5 heteroatoms. The molecule has 0 bridgehead atoms. The first kappa shape index (κ1) is 15.2. The number of nitrogens with one attached hydrogen (secondary N) is 2.